The topological polar surface area (TPSA) is 33.4 Å². The van der Waals surface area contributed by atoms with Gasteiger partial charge in [0.15, 0.2) is 0 Å². The average Bonchev–Trinajstić information content (AvgIpc) is 2.81. The highest BCUT2D eigenvalue weighted by Gasteiger charge is 2.26. The molecule has 18 heavy (non-hydrogen) atoms. The van der Waals surface area contributed by atoms with Gasteiger partial charge in [-0.1, -0.05) is 6.42 Å². The molecule has 1 fully saturated rings. The van der Waals surface area contributed by atoms with Crippen LogP contribution >= 0.6 is 11.8 Å². The molecule has 0 amide bonds. The maximum Gasteiger partial charge on any atom is 0.134 e. The molecule has 2 aromatic rings. The molecule has 4 heteroatoms. The number of hydrogen-bond donors (Lipinski definition) is 1. The standard InChI is InChI=1S/C14H15FO2S/c15-10-4-5-11-9(7-10)8-12(17-11)14(16)13-3-1-2-6-18-13/h4-5,7-8,13-14,16H,1-3,6H2. The van der Waals surface area contributed by atoms with Crippen LogP contribution in [0.4, 0.5) is 4.39 Å². The Bertz CT molecular complexity index is 546. The molecule has 1 saturated heterocycles. The Morgan fingerprint density at radius 2 is 2.22 bits per heavy atom. The van der Waals surface area contributed by atoms with Gasteiger partial charge in [-0.2, -0.15) is 11.8 Å². The SMILES string of the molecule is OC(c1cc2cc(F)ccc2o1)C1CCCCS1. The van der Waals surface area contributed by atoms with Crippen molar-refractivity contribution >= 4 is 22.7 Å². The minimum Gasteiger partial charge on any atom is -0.458 e. The second-order valence-electron chi connectivity index (χ2n) is 4.68. The summed E-state index contributed by atoms with van der Waals surface area (Å²) in [5.41, 5.74) is 0.631. The van der Waals surface area contributed by atoms with Crippen molar-refractivity contribution in [2.45, 2.75) is 30.6 Å². The fourth-order valence-corrected chi connectivity index (χ4v) is 3.70. The quantitative estimate of drug-likeness (QED) is 0.895. The maximum atomic E-state index is 13.1. The normalized spacial score (nSPS) is 22.2. The molecule has 0 radical (unpaired) electrons. The zero-order valence-electron chi connectivity index (χ0n) is 9.93. The lowest BCUT2D eigenvalue weighted by Crippen LogP contribution is -2.18. The first kappa shape index (κ1) is 12.1. The number of aliphatic hydroxyl groups excluding tert-OH is 1. The highest BCUT2D eigenvalue weighted by Crippen LogP contribution is 2.36. The zero-order chi connectivity index (χ0) is 12.5. The van der Waals surface area contributed by atoms with Crippen LogP contribution in [0.1, 0.15) is 31.1 Å². The lowest BCUT2D eigenvalue weighted by atomic mass is 10.1. The number of benzene rings is 1. The molecule has 1 aliphatic heterocycles. The van der Waals surface area contributed by atoms with Crippen LogP contribution in [0.25, 0.3) is 11.0 Å². The largest absolute Gasteiger partial charge is 0.458 e. The predicted molar refractivity (Wildman–Crippen MR) is 71.2 cm³/mol. The van der Waals surface area contributed by atoms with Gasteiger partial charge in [-0.25, -0.2) is 4.39 Å². The number of rotatable bonds is 2. The Kier molecular flexibility index (Phi) is 3.31. The Morgan fingerprint density at radius 1 is 1.33 bits per heavy atom. The van der Waals surface area contributed by atoms with E-state index in [-0.39, 0.29) is 11.1 Å². The summed E-state index contributed by atoms with van der Waals surface area (Å²) in [7, 11) is 0. The fourth-order valence-electron chi connectivity index (χ4n) is 2.38. The summed E-state index contributed by atoms with van der Waals surface area (Å²) in [4.78, 5) is 0. The summed E-state index contributed by atoms with van der Waals surface area (Å²) in [6, 6.07) is 6.16. The van der Waals surface area contributed by atoms with E-state index in [2.05, 4.69) is 0 Å². The summed E-state index contributed by atoms with van der Waals surface area (Å²) in [5, 5.41) is 11.2. The summed E-state index contributed by atoms with van der Waals surface area (Å²) < 4.78 is 18.7. The first-order valence-electron chi connectivity index (χ1n) is 6.23. The van der Waals surface area contributed by atoms with E-state index in [0.29, 0.717) is 16.7 Å². The minimum atomic E-state index is -0.592. The predicted octanol–water partition coefficient (Wildman–Crippen LogP) is 3.89. The van der Waals surface area contributed by atoms with Gasteiger partial charge in [0, 0.05) is 10.6 Å². The molecule has 2 atom stereocenters. The summed E-state index contributed by atoms with van der Waals surface area (Å²) in [6.45, 7) is 0. The van der Waals surface area contributed by atoms with Crippen molar-refractivity contribution in [1.29, 1.82) is 0 Å². The molecule has 1 N–H and O–H groups in total. The molecule has 1 aromatic carbocycles. The van der Waals surface area contributed by atoms with Crippen LogP contribution in [0.15, 0.2) is 28.7 Å². The van der Waals surface area contributed by atoms with Crippen LogP contribution in [-0.4, -0.2) is 16.1 Å². The maximum absolute atomic E-state index is 13.1. The molecular weight excluding hydrogens is 251 g/mol. The van der Waals surface area contributed by atoms with E-state index < -0.39 is 6.10 Å². The van der Waals surface area contributed by atoms with E-state index in [9.17, 15) is 9.50 Å². The van der Waals surface area contributed by atoms with E-state index in [1.54, 1.807) is 23.9 Å². The van der Waals surface area contributed by atoms with E-state index in [0.717, 1.165) is 18.6 Å². The lowest BCUT2D eigenvalue weighted by molar-refractivity contribution is 0.144. The number of fused-ring (bicyclic) bond motifs is 1. The van der Waals surface area contributed by atoms with Crippen molar-refractivity contribution in [2.24, 2.45) is 0 Å². The van der Waals surface area contributed by atoms with Crippen molar-refractivity contribution in [1.82, 2.24) is 0 Å². The van der Waals surface area contributed by atoms with Gasteiger partial charge in [0.1, 0.15) is 23.3 Å². The molecule has 0 saturated carbocycles. The molecule has 0 spiro atoms. The molecule has 1 aliphatic rings. The molecule has 2 heterocycles. The van der Waals surface area contributed by atoms with Crippen molar-refractivity contribution in [3.05, 3.63) is 35.8 Å². The number of halogens is 1. The summed E-state index contributed by atoms with van der Waals surface area (Å²) in [5.74, 6) is 1.36. The Balaban J connectivity index is 1.88. The van der Waals surface area contributed by atoms with Gasteiger partial charge in [0.05, 0.1) is 0 Å². The van der Waals surface area contributed by atoms with Gasteiger partial charge in [-0.15, -0.1) is 0 Å². The number of thioether (sulfide) groups is 1. The Hall–Kier alpha value is -1.000. The summed E-state index contributed by atoms with van der Waals surface area (Å²) >= 11 is 1.80. The number of furan rings is 1. The third kappa shape index (κ3) is 2.27. The number of aliphatic hydroxyl groups is 1. The Labute approximate surface area is 109 Å². The first-order valence-corrected chi connectivity index (χ1v) is 7.27. The molecule has 0 bridgehead atoms. The first-order chi connectivity index (χ1) is 8.74. The van der Waals surface area contributed by atoms with Crippen LogP contribution in [0, 0.1) is 5.82 Å². The van der Waals surface area contributed by atoms with Gasteiger partial charge in [0.2, 0.25) is 0 Å². The molecular formula is C14H15FO2S. The second kappa shape index (κ2) is 4.94. The number of hydrogen-bond acceptors (Lipinski definition) is 3. The third-order valence-corrected chi connectivity index (χ3v) is 4.80. The summed E-state index contributed by atoms with van der Waals surface area (Å²) in [6.07, 6.45) is 2.80. The highest BCUT2D eigenvalue weighted by molar-refractivity contribution is 7.99. The zero-order valence-corrected chi connectivity index (χ0v) is 10.8. The molecule has 1 aromatic heterocycles. The molecule has 0 aliphatic carbocycles. The van der Waals surface area contributed by atoms with Gasteiger partial charge >= 0.3 is 0 Å². The van der Waals surface area contributed by atoms with Crippen LogP contribution in [0.2, 0.25) is 0 Å². The van der Waals surface area contributed by atoms with E-state index in [4.69, 9.17) is 4.42 Å². The van der Waals surface area contributed by atoms with Crippen LogP contribution < -0.4 is 0 Å². The fraction of sp³-hybridized carbons (Fsp3) is 0.429. The molecule has 96 valence electrons. The van der Waals surface area contributed by atoms with Crippen molar-refractivity contribution < 1.29 is 13.9 Å². The Morgan fingerprint density at radius 3 is 3.00 bits per heavy atom. The molecule has 2 nitrogen and oxygen atoms in total. The van der Waals surface area contributed by atoms with Gasteiger partial charge in [-0.05, 0) is 42.9 Å². The lowest BCUT2D eigenvalue weighted by Gasteiger charge is -2.24. The van der Waals surface area contributed by atoms with Crippen LogP contribution in [0.5, 0.6) is 0 Å². The second-order valence-corrected chi connectivity index (χ2v) is 6.03. The average molecular weight is 266 g/mol. The van der Waals surface area contributed by atoms with E-state index >= 15 is 0 Å². The van der Waals surface area contributed by atoms with Crippen LogP contribution in [-0.2, 0) is 0 Å². The highest BCUT2D eigenvalue weighted by atomic mass is 32.2. The molecule has 2 unspecified atom stereocenters. The minimum absolute atomic E-state index is 0.198. The van der Waals surface area contributed by atoms with Gasteiger partial charge in [-0.3, -0.25) is 0 Å². The van der Waals surface area contributed by atoms with Gasteiger partial charge < -0.3 is 9.52 Å². The monoisotopic (exact) mass is 266 g/mol. The third-order valence-electron chi connectivity index (χ3n) is 3.36. The van der Waals surface area contributed by atoms with E-state index in [1.807, 2.05) is 0 Å². The van der Waals surface area contributed by atoms with Crippen LogP contribution in [0.3, 0.4) is 0 Å². The molecule has 3 rings (SSSR count). The van der Waals surface area contributed by atoms with Crippen molar-refractivity contribution in [3.63, 3.8) is 0 Å². The van der Waals surface area contributed by atoms with E-state index in [1.165, 1.54) is 18.6 Å². The van der Waals surface area contributed by atoms with Gasteiger partial charge in [0.25, 0.3) is 0 Å². The van der Waals surface area contributed by atoms with Crippen molar-refractivity contribution in [2.75, 3.05) is 5.75 Å². The van der Waals surface area contributed by atoms with Crippen molar-refractivity contribution in [3.8, 4) is 0 Å². The smallest absolute Gasteiger partial charge is 0.134 e.